The lowest BCUT2D eigenvalue weighted by Gasteiger charge is -2.23. The number of imidazole rings is 1. The molecule has 1 aliphatic carbocycles. The number of hydrogen-bond acceptors (Lipinski definition) is 7. The maximum absolute atomic E-state index is 4.80. The van der Waals surface area contributed by atoms with Crippen LogP contribution in [-0.2, 0) is 6.54 Å². The monoisotopic (exact) mass is 400 g/mol. The molecule has 1 aliphatic rings. The van der Waals surface area contributed by atoms with Crippen LogP contribution in [0.2, 0.25) is 0 Å². The molecule has 0 saturated heterocycles. The van der Waals surface area contributed by atoms with E-state index in [9.17, 15) is 0 Å². The van der Waals surface area contributed by atoms with Gasteiger partial charge in [-0.25, -0.2) is 15.0 Å². The van der Waals surface area contributed by atoms with Gasteiger partial charge < -0.3 is 15.2 Å². The average molecular weight is 400 g/mol. The first-order chi connectivity index (χ1) is 14.9. The summed E-state index contributed by atoms with van der Waals surface area (Å²) in [7, 11) is 0. The Morgan fingerprint density at radius 3 is 2.63 bits per heavy atom. The van der Waals surface area contributed by atoms with Gasteiger partial charge in [0.15, 0.2) is 17.0 Å². The van der Waals surface area contributed by atoms with Gasteiger partial charge in [-0.05, 0) is 24.5 Å². The highest BCUT2D eigenvalue weighted by molar-refractivity contribution is 5.84. The minimum absolute atomic E-state index is 0.438. The number of fused-ring (bicyclic) bond motifs is 1. The Kier molecular flexibility index (Phi) is 5.20. The van der Waals surface area contributed by atoms with Gasteiger partial charge in [-0.2, -0.15) is 9.97 Å². The topological polar surface area (TPSA) is 93.4 Å². The van der Waals surface area contributed by atoms with Gasteiger partial charge in [0.25, 0.3) is 0 Å². The van der Waals surface area contributed by atoms with Crippen molar-refractivity contribution in [2.75, 3.05) is 10.6 Å². The summed E-state index contributed by atoms with van der Waals surface area (Å²) >= 11 is 0. The predicted octanol–water partition coefficient (Wildman–Crippen LogP) is 4.48. The van der Waals surface area contributed by atoms with E-state index in [1.165, 1.54) is 31.2 Å². The lowest BCUT2D eigenvalue weighted by molar-refractivity contribution is 0.358. The highest BCUT2D eigenvalue weighted by Gasteiger charge is 2.21. The number of benzene rings is 1. The molecular formula is C22H24N8. The minimum atomic E-state index is 0.438. The second-order valence-corrected chi connectivity index (χ2v) is 7.57. The maximum Gasteiger partial charge on any atom is 0.232 e. The molecule has 152 valence electrons. The van der Waals surface area contributed by atoms with E-state index in [0.29, 0.717) is 24.4 Å². The molecular weight excluding hydrogens is 376 g/mol. The highest BCUT2D eigenvalue weighted by atomic mass is 15.2. The molecule has 0 unspecified atom stereocenters. The highest BCUT2D eigenvalue weighted by Crippen LogP contribution is 2.32. The van der Waals surface area contributed by atoms with Crippen LogP contribution >= 0.6 is 0 Å². The van der Waals surface area contributed by atoms with Crippen LogP contribution in [0.15, 0.2) is 55.2 Å². The molecule has 1 saturated carbocycles. The Balaban J connectivity index is 1.51. The third-order valence-electron chi connectivity index (χ3n) is 5.51. The molecule has 0 aliphatic heterocycles. The number of hydrogen-bond donors (Lipinski definition) is 2. The fraction of sp³-hybridized carbons (Fsp3) is 0.318. The molecule has 0 spiro atoms. The molecule has 3 heterocycles. The van der Waals surface area contributed by atoms with Crippen molar-refractivity contribution in [2.45, 2.75) is 44.7 Å². The standard InChI is InChI=1S/C22H24N8/c1-3-7-16(8-4-1)13-24-20-19-21(30(15-26-19)17-9-5-2-6-10-17)29-22(28-20)27-18-11-12-23-14-25-18/h1,3-4,7-8,11-12,14-15,17H,2,5-6,9-10,13H2,(H2,23,24,25,27,28,29). The van der Waals surface area contributed by atoms with E-state index in [0.717, 1.165) is 29.8 Å². The first-order valence-corrected chi connectivity index (χ1v) is 10.4. The molecule has 0 bridgehead atoms. The van der Waals surface area contributed by atoms with Crippen molar-refractivity contribution in [3.63, 3.8) is 0 Å². The van der Waals surface area contributed by atoms with Crippen molar-refractivity contribution in [1.82, 2.24) is 29.5 Å². The number of anilines is 3. The Bertz CT molecular complexity index is 1100. The lowest BCUT2D eigenvalue weighted by atomic mass is 9.95. The zero-order valence-electron chi connectivity index (χ0n) is 16.7. The summed E-state index contributed by atoms with van der Waals surface area (Å²) in [6.45, 7) is 0.663. The average Bonchev–Trinajstić information content (AvgIpc) is 3.23. The van der Waals surface area contributed by atoms with Gasteiger partial charge in [-0.3, -0.25) is 0 Å². The Hall–Kier alpha value is -3.55. The molecule has 4 aromatic rings. The van der Waals surface area contributed by atoms with Crippen molar-refractivity contribution in [3.8, 4) is 0 Å². The van der Waals surface area contributed by atoms with Crippen molar-refractivity contribution in [1.29, 1.82) is 0 Å². The summed E-state index contributed by atoms with van der Waals surface area (Å²) in [5.74, 6) is 1.87. The van der Waals surface area contributed by atoms with Crippen LogP contribution in [0, 0.1) is 0 Å². The van der Waals surface area contributed by atoms with E-state index in [2.05, 4.69) is 42.3 Å². The molecule has 0 amide bonds. The molecule has 8 nitrogen and oxygen atoms in total. The third-order valence-corrected chi connectivity index (χ3v) is 5.51. The SMILES string of the molecule is c1ccc(CNc2nc(Nc3ccncn3)nc3c2ncn3C2CCCCC2)cc1. The quantitative estimate of drug-likeness (QED) is 0.493. The maximum atomic E-state index is 4.80. The van der Waals surface area contributed by atoms with Gasteiger partial charge in [0, 0.05) is 18.8 Å². The fourth-order valence-electron chi connectivity index (χ4n) is 3.98. The summed E-state index contributed by atoms with van der Waals surface area (Å²) in [6, 6.07) is 12.5. The lowest BCUT2D eigenvalue weighted by Crippen LogP contribution is -2.13. The molecule has 3 aromatic heterocycles. The summed E-state index contributed by atoms with van der Waals surface area (Å²) in [6.07, 6.45) is 11.2. The summed E-state index contributed by atoms with van der Waals surface area (Å²) in [4.78, 5) is 22.4. The molecule has 5 rings (SSSR count). The fourth-order valence-corrected chi connectivity index (χ4v) is 3.98. The Labute approximate surface area is 174 Å². The van der Waals surface area contributed by atoms with Gasteiger partial charge in [-0.1, -0.05) is 49.6 Å². The van der Waals surface area contributed by atoms with Crippen LogP contribution in [0.5, 0.6) is 0 Å². The van der Waals surface area contributed by atoms with E-state index < -0.39 is 0 Å². The number of aromatic nitrogens is 6. The van der Waals surface area contributed by atoms with Crippen LogP contribution in [0.4, 0.5) is 17.6 Å². The number of nitrogens with zero attached hydrogens (tertiary/aromatic N) is 6. The van der Waals surface area contributed by atoms with Crippen molar-refractivity contribution < 1.29 is 0 Å². The summed E-state index contributed by atoms with van der Waals surface area (Å²) in [5, 5.41) is 6.65. The predicted molar refractivity (Wildman–Crippen MR) is 117 cm³/mol. The van der Waals surface area contributed by atoms with Crippen LogP contribution in [0.1, 0.15) is 43.7 Å². The van der Waals surface area contributed by atoms with Crippen molar-refractivity contribution in [2.24, 2.45) is 0 Å². The van der Waals surface area contributed by atoms with Gasteiger partial charge >= 0.3 is 0 Å². The van der Waals surface area contributed by atoms with Crippen LogP contribution in [0.3, 0.4) is 0 Å². The van der Waals surface area contributed by atoms with Gasteiger partial charge in [0.1, 0.15) is 12.1 Å². The zero-order valence-corrected chi connectivity index (χ0v) is 16.7. The first-order valence-electron chi connectivity index (χ1n) is 10.4. The Morgan fingerprint density at radius 2 is 1.83 bits per heavy atom. The minimum Gasteiger partial charge on any atom is -0.364 e. The summed E-state index contributed by atoms with van der Waals surface area (Å²) < 4.78 is 2.22. The second-order valence-electron chi connectivity index (χ2n) is 7.57. The van der Waals surface area contributed by atoms with E-state index in [1.54, 1.807) is 12.3 Å². The Morgan fingerprint density at radius 1 is 0.967 bits per heavy atom. The van der Waals surface area contributed by atoms with E-state index in [-0.39, 0.29) is 0 Å². The van der Waals surface area contributed by atoms with E-state index in [4.69, 9.17) is 9.97 Å². The van der Waals surface area contributed by atoms with Gasteiger partial charge in [0.05, 0.1) is 6.33 Å². The number of nitrogens with one attached hydrogen (secondary N) is 2. The largest absolute Gasteiger partial charge is 0.364 e. The first kappa shape index (κ1) is 18.5. The van der Waals surface area contributed by atoms with Crippen LogP contribution in [0.25, 0.3) is 11.2 Å². The molecule has 0 radical (unpaired) electrons. The van der Waals surface area contributed by atoms with Crippen LogP contribution < -0.4 is 10.6 Å². The van der Waals surface area contributed by atoms with Crippen molar-refractivity contribution in [3.05, 3.63) is 60.8 Å². The number of rotatable bonds is 6. The summed E-state index contributed by atoms with van der Waals surface area (Å²) in [5.41, 5.74) is 2.83. The van der Waals surface area contributed by atoms with Crippen molar-refractivity contribution >= 4 is 28.7 Å². The zero-order chi connectivity index (χ0) is 20.2. The molecule has 1 fully saturated rings. The van der Waals surface area contributed by atoms with E-state index in [1.807, 2.05) is 24.5 Å². The van der Waals surface area contributed by atoms with E-state index >= 15 is 0 Å². The van der Waals surface area contributed by atoms with Gasteiger partial charge in [-0.15, -0.1) is 0 Å². The third kappa shape index (κ3) is 3.94. The normalized spacial score (nSPS) is 14.7. The smallest absolute Gasteiger partial charge is 0.232 e. The van der Waals surface area contributed by atoms with Gasteiger partial charge in [0.2, 0.25) is 5.95 Å². The molecule has 30 heavy (non-hydrogen) atoms. The van der Waals surface area contributed by atoms with Crippen LogP contribution in [-0.4, -0.2) is 29.5 Å². The molecule has 1 aromatic carbocycles. The molecule has 8 heteroatoms. The second kappa shape index (κ2) is 8.44. The molecule has 2 N–H and O–H groups in total. The molecule has 0 atom stereocenters.